The smallest absolute Gasteiger partial charge is 0.231 e. The lowest BCUT2D eigenvalue weighted by Crippen LogP contribution is -2.19. The van der Waals surface area contributed by atoms with Gasteiger partial charge in [-0.3, -0.25) is 4.79 Å². The fourth-order valence-corrected chi connectivity index (χ4v) is 2.34. The number of ketones is 1. The number of ether oxygens (including phenoxy) is 2. The number of hydrogen-bond acceptors (Lipinski definition) is 4. The standard InChI is InChI=1S/C17H17NO3/c1-12(9-15(19)13-5-3-2-4-6-13)18-14-7-8-16-17(10-14)21-11-20-16/h2-8,10,12,18H,9,11H2,1H3. The summed E-state index contributed by atoms with van der Waals surface area (Å²) in [6.07, 6.45) is 0.443. The molecule has 1 heterocycles. The maximum atomic E-state index is 12.1. The van der Waals surface area contributed by atoms with Crippen molar-refractivity contribution in [3.05, 3.63) is 54.1 Å². The van der Waals surface area contributed by atoms with E-state index in [9.17, 15) is 4.79 Å². The van der Waals surface area contributed by atoms with E-state index in [1.165, 1.54) is 0 Å². The summed E-state index contributed by atoms with van der Waals surface area (Å²) >= 11 is 0. The summed E-state index contributed by atoms with van der Waals surface area (Å²) in [5.41, 5.74) is 1.67. The molecule has 0 aliphatic carbocycles. The number of Topliss-reactive ketones (excluding diaryl/α,β-unsaturated/α-hetero) is 1. The average Bonchev–Trinajstić information content (AvgIpc) is 2.95. The monoisotopic (exact) mass is 283 g/mol. The van der Waals surface area contributed by atoms with Crippen LogP contribution in [0.2, 0.25) is 0 Å². The van der Waals surface area contributed by atoms with E-state index in [2.05, 4.69) is 5.32 Å². The Labute approximate surface area is 123 Å². The van der Waals surface area contributed by atoms with Gasteiger partial charge in [0.15, 0.2) is 17.3 Å². The second kappa shape index (κ2) is 5.87. The molecule has 0 radical (unpaired) electrons. The Hall–Kier alpha value is -2.49. The number of fused-ring (bicyclic) bond motifs is 1. The predicted octanol–water partition coefficient (Wildman–Crippen LogP) is 3.49. The molecule has 0 bridgehead atoms. The van der Waals surface area contributed by atoms with Crippen molar-refractivity contribution in [1.82, 2.24) is 0 Å². The van der Waals surface area contributed by atoms with Gasteiger partial charge in [-0.25, -0.2) is 0 Å². The Balaban J connectivity index is 1.61. The van der Waals surface area contributed by atoms with Crippen molar-refractivity contribution in [2.24, 2.45) is 0 Å². The summed E-state index contributed by atoms with van der Waals surface area (Å²) in [5.74, 6) is 1.63. The van der Waals surface area contributed by atoms with Crippen molar-refractivity contribution in [3.8, 4) is 11.5 Å². The third-order valence-electron chi connectivity index (χ3n) is 3.37. The van der Waals surface area contributed by atoms with E-state index in [1.54, 1.807) is 0 Å². The highest BCUT2D eigenvalue weighted by atomic mass is 16.7. The zero-order valence-electron chi connectivity index (χ0n) is 11.8. The highest BCUT2D eigenvalue weighted by Crippen LogP contribution is 2.34. The maximum absolute atomic E-state index is 12.1. The molecular formula is C17H17NO3. The minimum atomic E-state index is 0.0399. The summed E-state index contributed by atoms with van der Waals surface area (Å²) < 4.78 is 10.6. The number of carbonyl (C=O) groups is 1. The zero-order chi connectivity index (χ0) is 14.7. The zero-order valence-corrected chi connectivity index (χ0v) is 11.8. The average molecular weight is 283 g/mol. The van der Waals surface area contributed by atoms with Gasteiger partial charge in [0, 0.05) is 29.8 Å². The minimum Gasteiger partial charge on any atom is -0.454 e. The lowest BCUT2D eigenvalue weighted by molar-refractivity contribution is 0.0978. The first-order chi connectivity index (χ1) is 10.2. The van der Waals surface area contributed by atoms with Crippen LogP contribution in [0, 0.1) is 0 Å². The Morgan fingerprint density at radius 1 is 1.14 bits per heavy atom. The Morgan fingerprint density at radius 3 is 2.71 bits per heavy atom. The summed E-state index contributed by atoms with van der Waals surface area (Å²) in [7, 11) is 0. The van der Waals surface area contributed by atoms with Crippen molar-refractivity contribution in [1.29, 1.82) is 0 Å². The molecule has 0 saturated heterocycles. The summed E-state index contributed by atoms with van der Waals surface area (Å²) in [4.78, 5) is 12.1. The summed E-state index contributed by atoms with van der Waals surface area (Å²) in [6.45, 7) is 2.26. The molecule has 1 aliphatic rings. The van der Waals surface area contributed by atoms with Crippen molar-refractivity contribution in [2.45, 2.75) is 19.4 Å². The van der Waals surface area contributed by atoms with Crippen LogP contribution in [0.25, 0.3) is 0 Å². The predicted molar refractivity (Wildman–Crippen MR) is 81.0 cm³/mol. The summed E-state index contributed by atoms with van der Waals surface area (Å²) in [6, 6.07) is 15.1. The molecule has 4 heteroatoms. The van der Waals surface area contributed by atoms with Gasteiger partial charge in [-0.1, -0.05) is 30.3 Å². The third-order valence-corrected chi connectivity index (χ3v) is 3.37. The van der Waals surface area contributed by atoms with Gasteiger partial charge in [0.25, 0.3) is 0 Å². The fraction of sp³-hybridized carbons (Fsp3) is 0.235. The van der Waals surface area contributed by atoms with E-state index < -0.39 is 0 Å². The highest BCUT2D eigenvalue weighted by Gasteiger charge is 2.15. The first-order valence-electron chi connectivity index (χ1n) is 6.97. The van der Waals surface area contributed by atoms with E-state index in [4.69, 9.17) is 9.47 Å². The van der Waals surface area contributed by atoms with Gasteiger partial charge in [0.05, 0.1) is 0 Å². The van der Waals surface area contributed by atoms with Crippen molar-refractivity contribution < 1.29 is 14.3 Å². The van der Waals surface area contributed by atoms with Gasteiger partial charge in [-0.2, -0.15) is 0 Å². The SMILES string of the molecule is CC(CC(=O)c1ccccc1)Nc1ccc2c(c1)OCO2. The minimum absolute atomic E-state index is 0.0399. The Bertz CT molecular complexity index is 640. The van der Waals surface area contributed by atoms with Crippen LogP contribution in [0.1, 0.15) is 23.7 Å². The van der Waals surface area contributed by atoms with Crippen LogP contribution in [0.4, 0.5) is 5.69 Å². The highest BCUT2D eigenvalue weighted by molar-refractivity contribution is 5.96. The lowest BCUT2D eigenvalue weighted by Gasteiger charge is -2.15. The van der Waals surface area contributed by atoms with E-state index in [-0.39, 0.29) is 18.6 Å². The number of carbonyl (C=O) groups excluding carboxylic acids is 1. The first kappa shape index (κ1) is 13.5. The van der Waals surface area contributed by atoms with Crippen LogP contribution in [0.3, 0.4) is 0 Å². The molecule has 1 aliphatic heterocycles. The van der Waals surface area contributed by atoms with Crippen molar-refractivity contribution >= 4 is 11.5 Å². The molecule has 0 amide bonds. The molecular weight excluding hydrogens is 266 g/mol. The van der Waals surface area contributed by atoms with Gasteiger partial charge >= 0.3 is 0 Å². The molecule has 108 valence electrons. The molecule has 0 saturated carbocycles. The second-order valence-corrected chi connectivity index (χ2v) is 5.11. The lowest BCUT2D eigenvalue weighted by atomic mass is 10.0. The van der Waals surface area contributed by atoms with Crippen LogP contribution in [0.15, 0.2) is 48.5 Å². The number of hydrogen-bond donors (Lipinski definition) is 1. The van der Waals surface area contributed by atoms with E-state index in [0.29, 0.717) is 6.42 Å². The maximum Gasteiger partial charge on any atom is 0.231 e. The fourth-order valence-electron chi connectivity index (χ4n) is 2.34. The third kappa shape index (κ3) is 3.16. The molecule has 2 aromatic carbocycles. The molecule has 2 aromatic rings. The molecule has 0 fully saturated rings. The molecule has 1 atom stereocenters. The van der Waals surface area contributed by atoms with E-state index in [1.807, 2.05) is 55.5 Å². The molecule has 0 aromatic heterocycles. The summed E-state index contributed by atoms with van der Waals surface area (Å²) in [5, 5.41) is 3.32. The topological polar surface area (TPSA) is 47.6 Å². The van der Waals surface area contributed by atoms with Crippen LogP contribution < -0.4 is 14.8 Å². The van der Waals surface area contributed by atoms with Crippen molar-refractivity contribution in [3.63, 3.8) is 0 Å². The van der Waals surface area contributed by atoms with Gasteiger partial charge in [-0.05, 0) is 19.1 Å². The molecule has 1 N–H and O–H groups in total. The Morgan fingerprint density at radius 2 is 1.90 bits per heavy atom. The van der Waals surface area contributed by atoms with E-state index in [0.717, 1.165) is 22.7 Å². The molecule has 1 unspecified atom stereocenters. The molecule has 4 nitrogen and oxygen atoms in total. The van der Waals surface area contributed by atoms with Gasteiger partial charge < -0.3 is 14.8 Å². The van der Waals surface area contributed by atoms with Crippen LogP contribution in [-0.2, 0) is 0 Å². The number of nitrogens with one attached hydrogen (secondary N) is 1. The van der Waals surface area contributed by atoms with Gasteiger partial charge in [-0.15, -0.1) is 0 Å². The normalized spacial score (nSPS) is 13.8. The van der Waals surface area contributed by atoms with E-state index >= 15 is 0 Å². The van der Waals surface area contributed by atoms with Crippen LogP contribution in [-0.4, -0.2) is 18.6 Å². The molecule has 3 rings (SSSR count). The first-order valence-corrected chi connectivity index (χ1v) is 6.97. The number of rotatable bonds is 5. The van der Waals surface area contributed by atoms with Gasteiger partial charge in [0.2, 0.25) is 6.79 Å². The van der Waals surface area contributed by atoms with Crippen LogP contribution >= 0.6 is 0 Å². The number of anilines is 1. The molecule has 21 heavy (non-hydrogen) atoms. The molecule has 0 spiro atoms. The quantitative estimate of drug-likeness (QED) is 0.853. The Kier molecular flexibility index (Phi) is 3.77. The van der Waals surface area contributed by atoms with Gasteiger partial charge in [0.1, 0.15) is 0 Å². The largest absolute Gasteiger partial charge is 0.454 e. The second-order valence-electron chi connectivity index (χ2n) is 5.11. The number of benzene rings is 2. The van der Waals surface area contributed by atoms with Crippen molar-refractivity contribution in [2.75, 3.05) is 12.1 Å². The van der Waals surface area contributed by atoms with Crippen LogP contribution in [0.5, 0.6) is 11.5 Å².